The van der Waals surface area contributed by atoms with Crippen LogP contribution in [0.15, 0.2) is 12.2 Å². The third kappa shape index (κ3) is 2.21. The molecule has 2 atom stereocenters. The number of rotatable bonds is 2. The van der Waals surface area contributed by atoms with Gasteiger partial charge in [-0.05, 0) is 12.8 Å². The smallest absolute Gasteiger partial charge is 0.404 e. The fourth-order valence-corrected chi connectivity index (χ4v) is 1.56. The van der Waals surface area contributed by atoms with Gasteiger partial charge in [-0.25, -0.2) is 4.79 Å². The van der Waals surface area contributed by atoms with Crippen LogP contribution in [0, 0.1) is 5.92 Å². The molecule has 0 radical (unpaired) electrons. The molecule has 13 heavy (non-hydrogen) atoms. The van der Waals surface area contributed by atoms with Gasteiger partial charge in [-0.15, -0.1) is 0 Å². The van der Waals surface area contributed by atoms with Crippen molar-refractivity contribution in [3.05, 3.63) is 12.2 Å². The average molecular weight is 185 g/mol. The molecule has 5 nitrogen and oxygen atoms in total. The van der Waals surface area contributed by atoms with Crippen LogP contribution in [0.25, 0.3) is 0 Å². The molecule has 1 saturated carbocycles. The van der Waals surface area contributed by atoms with Crippen LogP contribution in [0.3, 0.4) is 0 Å². The highest BCUT2D eigenvalue weighted by Gasteiger charge is 2.35. The Balaban J connectivity index is 2.66. The summed E-state index contributed by atoms with van der Waals surface area (Å²) < 4.78 is 0. The molecule has 0 aliphatic heterocycles. The lowest BCUT2D eigenvalue weighted by Gasteiger charge is -2.14. The summed E-state index contributed by atoms with van der Waals surface area (Å²) in [6, 6.07) is -0.525. The fourth-order valence-electron chi connectivity index (χ4n) is 1.56. The molecule has 0 aromatic heterocycles. The third-order valence-corrected chi connectivity index (χ3v) is 2.13. The summed E-state index contributed by atoms with van der Waals surface area (Å²) in [6.45, 7) is 3.65. The summed E-state index contributed by atoms with van der Waals surface area (Å²) in [7, 11) is 0. The van der Waals surface area contributed by atoms with Crippen LogP contribution in [0.2, 0.25) is 0 Å². The number of hydrogen-bond acceptors (Lipinski definition) is 2. The van der Waals surface area contributed by atoms with Crippen molar-refractivity contribution < 1.29 is 19.8 Å². The Kier molecular flexibility index (Phi) is 2.55. The molecule has 1 aliphatic rings. The second kappa shape index (κ2) is 3.47. The van der Waals surface area contributed by atoms with E-state index in [0.29, 0.717) is 12.8 Å². The van der Waals surface area contributed by atoms with E-state index < -0.39 is 24.0 Å². The normalized spacial score (nSPS) is 27.2. The molecule has 0 spiro atoms. The second-order valence-corrected chi connectivity index (χ2v) is 3.16. The van der Waals surface area contributed by atoms with Gasteiger partial charge in [0.05, 0.1) is 5.92 Å². The summed E-state index contributed by atoms with van der Waals surface area (Å²) in [5.74, 6) is -1.64. The van der Waals surface area contributed by atoms with Crippen molar-refractivity contribution in [1.82, 2.24) is 5.32 Å². The zero-order chi connectivity index (χ0) is 10.0. The molecule has 5 heteroatoms. The van der Waals surface area contributed by atoms with E-state index in [9.17, 15) is 9.59 Å². The highest BCUT2D eigenvalue weighted by molar-refractivity contribution is 5.74. The fraction of sp³-hybridized carbons (Fsp3) is 0.500. The minimum Gasteiger partial charge on any atom is -0.481 e. The lowest BCUT2D eigenvalue weighted by atomic mass is 10.0. The van der Waals surface area contributed by atoms with Crippen LogP contribution in [-0.2, 0) is 4.79 Å². The van der Waals surface area contributed by atoms with Gasteiger partial charge in [0.15, 0.2) is 0 Å². The topological polar surface area (TPSA) is 86.6 Å². The van der Waals surface area contributed by atoms with Crippen molar-refractivity contribution in [2.24, 2.45) is 5.92 Å². The molecular weight excluding hydrogens is 174 g/mol. The molecule has 0 saturated heterocycles. The maximum absolute atomic E-state index is 10.7. The number of hydrogen-bond donors (Lipinski definition) is 3. The van der Waals surface area contributed by atoms with E-state index >= 15 is 0 Å². The van der Waals surface area contributed by atoms with Crippen LogP contribution in [0.1, 0.15) is 12.8 Å². The minimum atomic E-state index is -1.19. The standard InChI is InChI=1S/C8H11NO4/c1-4-2-5(7(10)11)6(3-4)9-8(12)13/h5-6,9H,1-3H2,(H,10,11)(H,12,13)/t5-,6+/m1/s1. The number of amides is 1. The van der Waals surface area contributed by atoms with Gasteiger partial charge in [0.2, 0.25) is 0 Å². The van der Waals surface area contributed by atoms with E-state index in [0.717, 1.165) is 5.57 Å². The third-order valence-electron chi connectivity index (χ3n) is 2.13. The first-order chi connectivity index (χ1) is 6.00. The van der Waals surface area contributed by atoms with Gasteiger partial charge in [0, 0.05) is 6.04 Å². The Morgan fingerprint density at radius 1 is 1.38 bits per heavy atom. The van der Waals surface area contributed by atoms with Gasteiger partial charge in [-0.1, -0.05) is 12.2 Å². The van der Waals surface area contributed by atoms with Crippen molar-refractivity contribution in [1.29, 1.82) is 0 Å². The van der Waals surface area contributed by atoms with Crippen molar-refractivity contribution in [2.75, 3.05) is 0 Å². The summed E-state index contributed by atoms with van der Waals surface area (Å²) in [6.07, 6.45) is -0.408. The summed E-state index contributed by atoms with van der Waals surface area (Å²) >= 11 is 0. The number of carboxylic acids is 1. The summed E-state index contributed by atoms with van der Waals surface area (Å²) in [5, 5.41) is 19.3. The van der Waals surface area contributed by atoms with Gasteiger partial charge >= 0.3 is 12.1 Å². The molecule has 0 bridgehead atoms. The maximum atomic E-state index is 10.7. The van der Waals surface area contributed by atoms with E-state index in [-0.39, 0.29) is 0 Å². The van der Waals surface area contributed by atoms with Crippen LogP contribution >= 0.6 is 0 Å². The minimum absolute atomic E-state index is 0.361. The predicted octanol–water partition coefficient (Wildman–Crippen LogP) is 0.673. The first-order valence-corrected chi connectivity index (χ1v) is 3.89. The largest absolute Gasteiger partial charge is 0.481 e. The van der Waals surface area contributed by atoms with Crippen molar-refractivity contribution in [3.8, 4) is 0 Å². The number of carbonyl (C=O) groups is 2. The molecule has 0 unspecified atom stereocenters. The average Bonchev–Trinajstić information content (AvgIpc) is 2.29. The van der Waals surface area contributed by atoms with E-state index in [4.69, 9.17) is 10.2 Å². The molecule has 1 amide bonds. The molecule has 1 aliphatic carbocycles. The predicted molar refractivity (Wildman–Crippen MR) is 44.4 cm³/mol. The van der Waals surface area contributed by atoms with Gasteiger partial charge < -0.3 is 15.5 Å². The first-order valence-electron chi connectivity index (χ1n) is 3.89. The monoisotopic (exact) mass is 185 g/mol. The molecule has 0 aromatic rings. The van der Waals surface area contributed by atoms with Crippen LogP contribution in [0.4, 0.5) is 4.79 Å². The van der Waals surface area contributed by atoms with Gasteiger partial charge in [-0.3, -0.25) is 4.79 Å². The molecule has 1 fully saturated rings. The quantitative estimate of drug-likeness (QED) is 0.552. The van der Waals surface area contributed by atoms with E-state index in [1.807, 2.05) is 0 Å². The summed E-state index contributed by atoms with van der Waals surface area (Å²) in [5.41, 5.74) is 0.783. The van der Waals surface area contributed by atoms with E-state index in [1.165, 1.54) is 0 Å². The van der Waals surface area contributed by atoms with E-state index in [2.05, 4.69) is 11.9 Å². The van der Waals surface area contributed by atoms with Gasteiger partial charge in [0.25, 0.3) is 0 Å². The Hall–Kier alpha value is -1.52. The SMILES string of the molecule is C=C1C[C@H](NC(=O)O)[C@H](C(=O)O)C1. The van der Waals surface area contributed by atoms with Crippen LogP contribution < -0.4 is 5.32 Å². The molecule has 72 valence electrons. The lowest BCUT2D eigenvalue weighted by molar-refractivity contribution is -0.141. The Morgan fingerprint density at radius 2 is 2.00 bits per heavy atom. The first kappa shape index (κ1) is 9.57. The number of carboxylic acid groups (broad SMARTS) is 2. The highest BCUT2D eigenvalue weighted by atomic mass is 16.4. The van der Waals surface area contributed by atoms with Crippen molar-refractivity contribution in [2.45, 2.75) is 18.9 Å². The highest BCUT2D eigenvalue weighted by Crippen LogP contribution is 2.29. The number of nitrogens with one attached hydrogen (secondary N) is 1. The Bertz CT molecular complexity index is 261. The number of aliphatic carboxylic acids is 1. The van der Waals surface area contributed by atoms with E-state index in [1.54, 1.807) is 0 Å². The second-order valence-electron chi connectivity index (χ2n) is 3.16. The maximum Gasteiger partial charge on any atom is 0.404 e. The molecule has 3 N–H and O–H groups in total. The van der Waals surface area contributed by atoms with Crippen LogP contribution in [0.5, 0.6) is 0 Å². The zero-order valence-electron chi connectivity index (χ0n) is 6.99. The van der Waals surface area contributed by atoms with Gasteiger partial charge in [0.1, 0.15) is 0 Å². The zero-order valence-corrected chi connectivity index (χ0v) is 6.99. The van der Waals surface area contributed by atoms with Crippen LogP contribution in [-0.4, -0.2) is 28.3 Å². The molecule has 0 heterocycles. The molecule has 0 aromatic carbocycles. The van der Waals surface area contributed by atoms with Crippen molar-refractivity contribution in [3.63, 3.8) is 0 Å². The molecular formula is C8H11NO4. The lowest BCUT2D eigenvalue weighted by Crippen LogP contribution is -2.39. The Morgan fingerprint density at radius 3 is 2.46 bits per heavy atom. The van der Waals surface area contributed by atoms with Gasteiger partial charge in [-0.2, -0.15) is 0 Å². The van der Waals surface area contributed by atoms with Crippen molar-refractivity contribution >= 4 is 12.1 Å². The molecule has 1 rings (SSSR count). The summed E-state index contributed by atoms with van der Waals surface area (Å²) in [4.78, 5) is 21.0. The Labute approximate surface area is 75.1 Å².